The van der Waals surface area contributed by atoms with Crippen LogP contribution in [-0.4, -0.2) is 64.9 Å². The van der Waals surface area contributed by atoms with Crippen LogP contribution >= 0.6 is 11.8 Å². The highest BCUT2D eigenvalue weighted by atomic mass is 32.2. The number of hydrogen-bond acceptors (Lipinski definition) is 7. The molecule has 1 aromatic carbocycles. The van der Waals surface area contributed by atoms with Gasteiger partial charge in [0.15, 0.2) is 10.9 Å². The molecular weight excluding hydrogens is 458 g/mol. The van der Waals surface area contributed by atoms with Gasteiger partial charge in [-0.1, -0.05) is 49.0 Å². The molecule has 3 aromatic rings. The summed E-state index contributed by atoms with van der Waals surface area (Å²) in [6.45, 7) is 8.71. The Morgan fingerprint density at radius 3 is 2.49 bits per heavy atom. The van der Waals surface area contributed by atoms with Gasteiger partial charge in [0.1, 0.15) is 11.6 Å². The number of aromatic nitrogens is 2. The first-order valence-electron chi connectivity index (χ1n) is 12.6. The number of furan rings is 1. The van der Waals surface area contributed by atoms with Gasteiger partial charge >= 0.3 is 0 Å². The van der Waals surface area contributed by atoms with Crippen molar-refractivity contribution in [1.82, 2.24) is 19.8 Å². The first kappa shape index (κ1) is 23.9. The Morgan fingerprint density at radius 1 is 0.971 bits per heavy atom. The molecule has 0 unspecified atom stereocenters. The third-order valence-corrected chi connectivity index (χ3v) is 7.53. The number of hydrogen-bond donors (Lipinski definition) is 0. The highest BCUT2D eigenvalue weighted by Gasteiger charge is 2.23. The number of carbonyl (C=O) groups excluding carboxylic acids is 1. The summed E-state index contributed by atoms with van der Waals surface area (Å²) < 4.78 is 5.86. The van der Waals surface area contributed by atoms with Crippen LogP contribution in [0.15, 0.2) is 58.1 Å². The quantitative estimate of drug-likeness (QED) is 0.340. The van der Waals surface area contributed by atoms with Crippen molar-refractivity contribution in [1.29, 1.82) is 0 Å². The minimum atomic E-state index is -0.00308. The number of nitrogens with zero attached hydrogens (tertiary/aromatic N) is 5. The smallest absolute Gasteiger partial charge is 0.289 e. The maximum atomic E-state index is 12.6. The van der Waals surface area contributed by atoms with Crippen LogP contribution in [0.2, 0.25) is 0 Å². The van der Waals surface area contributed by atoms with E-state index >= 15 is 0 Å². The molecule has 2 aliphatic rings. The summed E-state index contributed by atoms with van der Waals surface area (Å²) in [5.41, 5.74) is 2.41. The molecule has 5 rings (SSSR count). The average Bonchev–Trinajstić information content (AvgIpc) is 3.61. The second-order valence-corrected chi connectivity index (χ2v) is 10.1. The molecule has 2 fully saturated rings. The van der Waals surface area contributed by atoms with Crippen LogP contribution in [-0.2, 0) is 18.7 Å². The number of piperazine rings is 1. The van der Waals surface area contributed by atoms with Crippen molar-refractivity contribution >= 4 is 23.5 Å². The Morgan fingerprint density at radius 2 is 1.74 bits per heavy atom. The predicted octanol–water partition coefficient (Wildman–Crippen LogP) is 4.48. The Hall–Kier alpha value is -2.84. The van der Waals surface area contributed by atoms with Crippen LogP contribution in [0.3, 0.4) is 0 Å². The molecule has 0 atom stereocenters. The van der Waals surface area contributed by atoms with Crippen LogP contribution in [0.1, 0.15) is 47.3 Å². The van der Waals surface area contributed by atoms with E-state index in [-0.39, 0.29) is 5.91 Å². The fraction of sp³-hybridized carbons (Fsp3) is 0.444. The number of carbonyl (C=O) groups is 1. The number of benzene rings is 1. The van der Waals surface area contributed by atoms with Gasteiger partial charge in [0.2, 0.25) is 0 Å². The van der Waals surface area contributed by atoms with E-state index in [9.17, 15) is 4.79 Å². The third kappa shape index (κ3) is 6.05. The van der Waals surface area contributed by atoms with Crippen LogP contribution < -0.4 is 4.90 Å². The van der Waals surface area contributed by atoms with E-state index in [4.69, 9.17) is 14.4 Å². The fourth-order valence-corrected chi connectivity index (χ4v) is 5.39. The lowest BCUT2D eigenvalue weighted by Crippen LogP contribution is -2.46. The van der Waals surface area contributed by atoms with Gasteiger partial charge < -0.3 is 14.2 Å². The summed E-state index contributed by atoms with van der Waals surface area (Å²) in [4.78, 5) is 28.9. The molecule has 184 valence electrons. The van der Waals surface area contributed by atoms with E-state index in [0.717, 1.165) is 87.5 Å². The van der Waals surface area contributed by atoms with Crippen molar-refractivity contribution in [3.05, 3.63) is 71.3 Å². The maximum absolute atomic E-state index is 12.6. The van der Waals surface area contributed by atoms with Gasteiger partial charge in [-0.2, -0.15) is 0 Å². The van der Waals surface area contributed by atoms with Gasteiger partial charge in [-0.3, -0.25) is 9.69 Å². The summed E-state index contributed by atoms with van der Waals surface area (Å²) in [6.07, 6.45) is 3.02. The zero-order chi connectivity index (χ0) is 24.0. The van der Waals surface area contributed by atoms with E-state index in [0.29, 0.717) is 11.5 Å². The van der Waals surface area contributed by atoms with Crippen molar-refractivity contribution in [3.8, 4) is 0 Å². The molecule has 2 aliphatic heterocycles. The normalized spacial score (nSPS) is 16.7. The van der Waals surface area contributed by atoms with Gasteiger partial charge in [0.05, 0.1) is 5.75 Å². The number of aryl methyl sites for hydroxylation is 1. The molecule has 8 heteroatoms. The average molecular weight is 492 g/mol. The summed E-state index contributed by atoms with van der Waals surface area (Å²) in [6, 6.07) is 16.5. The molecule has 0 aliphatic carbocycles. The lowest BCUT2D eigenvalue weighted by atomic mass is 10.2. The number of rotatable bonds is 8. The van der Waals surface area contributed by atoms with E-state index in [2.05, 4.69) is 53.1 Å². The Kier molecular flexibility index (Phi) is 7.69. The number of anilines is 1. The second kappa shape index (κ2) is 11.3. The zero-order valence-electron chi connectivity index (χ0n) is 20.4. The minimum Gasteiger partial charge on any atom is -0.455 e. The fourth-order valence-electron chi connectivity index (χ4n) is 4.63. The standard InChI is InChI=1S/C27H33N5O2S/c1-2-22-18-25(31-16-14-30(15-17-31)19-21-8-4-3-5-9-21)29-27(28-22)35-20-23-10-11-24(34-23)26(33)32-12-6-7-13-32/h3-5,8-11,18H,2,6-7,12-17,19-20H2,1H3. The molecule has 2 saturated heterocycles. The first-order chi connectivity index (χ1) is 17.2. The van der Waals surface area contributed by atoms with Gasteiger partial charge in [-0.25, -0.2) is 9.97 Å². The van der Waals surface area contributed by atoms with Crippen LogP contribution in [0.25, 0.3) is 0 Å². The topological polar surface area (TPSA) is 65.7 Å². The van der Waals surface area contributed by atoms with Crippen LogP contribution in [0.4, 0.5) is 5.82 Å². The van der Waals surface area contributed by atoms with Gasteiger partial charge in [-0.05, 0) is 37.0 Å². The summed E-state index contributed by atoms with van der Waals surface area (Å²) in [5.74, 6) is 2.81. The Labute approximate surface area is 211 Å². The molecule has 0 spiro atoms. The molecule has 35 heavy (non-hydrogen) atoms. The number of likely N-dealkylation sites (tertiary alicyclic amines) is 1. The van der Waals surface area contributed by atoms with Crippen LogP contribution in [0.5, 0.6) is 0 Å². The van der Waals surface area contributed by atoms with Crippen LogP contribution in [0, 0.1) is 0 Å². The third-order valence-electron chi connectivity index (χ3n) is 6.66. The monoisotopic (exact) mass is 491 g/mol. The lowest BCUT2D eigenvalue weighted by molar-refractivity contribution is 0.0760. The van der Waals surface area contributed by atoms with Crippen molar-refractivity contribution in [2.45, 2.75) is 43.6 Å². The highest BCUT2D eigenvalue weighted by molar-refractivity contribution is 7.98. The molecule has 0 radical (unpaired) electrons. The zero-order valence-corrected chi connectivity index (χ0v) is 21.2. The van der Waals surface area contributed by atoms with Crippen molar-refractivity contribution in [2.24, 2.45) is 0 Å². The predicted molar refractivity (Wildman–Crippen MR) is 139 cm³/mol. The summed E-state index contributed by atoms with van der Waals surface area (Å²) in [7, 11) is 0. The molecule has 7 nitrogen and oxygen atoms in total. The summed E-state index contributed by atoms with van der Waals surface area (Å²) >= 11 is 1.56. The van der Waals surface area contributed by atoms with E-state index in [1.54, 1.807) is 17.8 Å². The molecule has 0 saturated carbocycles. The van der Waals surface area contributed by atoms with Crippen molar-refractivity contribution in [2.75, 3.05) is 44.2 Å². The SMILES string of the molecule is CCc1cc(N2CCN(Cc3ccccc3)CC2)nc(SCc2ccc(C(=O)N3CCCC3)o2)n1. The van der Waals surface area contributed by atoms with E-state index in [1.807, 2.05) is 11.0 Å². The highest BCUT2D eigenvalue weighted by Crippen LogP contribution is 2.25. The largest absolute Gasteiger partial charge is 0.455 e. The van der Waals surface area contributed by atoms with Crippen molar-refractivity contribution < 1.29 is 9.21 Å². The summed E-state index contributed by atoms with van der Waals surface area (Å²) in [5, 5.41) is 0.759. The van der Waals surface area contributed by atoms with E-state index < -0.39 is 0 Å². The number of amides is 1. The second-order valence-electron chi connectivity index (χ2n) is 9.16. The molecule has 4 heterocycles. The minimum absolute atomic E-state index is 0.00308. The van der Waals surface area contributed by atoms with Gasteiger partial charge in [-0.15, -0.1) is 0 Å². The Bertz CT molecular complexity index is 1120. The first-order valence-corrected chi connectivity index (χ1v) is 13.6. The number of thioether (sulfide) groups is 1. The van der Waals surface area contributed by atoms with Gasteiger partial charge in [0, 0.05) is 57.6 Å². The molecule has 0 N–H and O–H groups in total. The molecule has 1 amide bonds. The van der Waals surface area contributed by atoms with Crippen molar-refractivity contribution in [3.63, 3.8) is 0 Å². The van der Waals surface area contributed by atoms with Gasteiger partial charge in [0.25, 0.3) is 5.91 Å². The van der Waals surface area contributed by atoms with E-state index in [1.165, 1.54) is 5.56 Å². The lowest BCUT2D eigenvalue weighted by Gasteiger charge is -2.35. The molecule has 2 aromatic heterocycles. The Balaban J connectivity index is 1.19. The molecular formula is C27H33N5O2S. The molecule has 0 bridgehead atoms. The maximum Gasteiger partial charge on any atom is 0.289 e.